The molecule has 2 nitrogen and oxygen atoms in total. The highest BCUT2D eigenvalue weighted by Gasteiger charge is 2.59. The number of rotatable bonds is 3. The van der Waals surface area contributed by atoms with E-state index in [0.29, 0.717) is 18.1 Å². The molecule has 1 aliphatic heterocycles. The van der Waals surface area contributed by atoms with Crippen LogP contribution in [-0.2, 0) is 5.54 Å². The molecule has 2 aromatic carbocycles. The lowest BCUT2D eigenvalue weighted by atomic mass is 9.64. The Labute approximate surface area is 188 Å². The van der Waals surface area contributed by atoms with Gasteiger partial charge in [-0.1, -0.05) is 74.6 Å². The van der Waals surface area contributed by atoms with E-state index in [4.69, 9.17) is 0 Å². The number of para-hydroxylation sites is 1. The highest BCUT2D eigenvalue weighted by Crippen LogP contribution is 2.58. The minimum absolute atomic E-state index is 0.0569. The summed E-state index contributed by atoms with van der Waals surface area (Å²) in [4.78, 5) is 0. The molecular formula is C29H35N2+. The van der Waals surface area contributed by atoms with Crippen LogP contribution in [-0.4, -0.2) is 4.57 Å². The molecular weight excluding hydrogens is 376 g/mol. The summed E-state index contributed by atoms with van der Waals surface area (Å²) in [5.74, 6) is 1.26. The van der Waals surface area contributed by atoms with Crippen LogP contribution < -0.4 is 4.57 Å². The van der Waals surface area contributed by atoms with Gasteiger partial charge < -0.3 is 0 Å². The van der Waals surface area contributed by atoms with Gasteiger partial charge >= 0.3 is 0 Å². The average molecular weight is 413 g/mol. The molecule has 2 aliphatic carbocycles. The fourth-order valence-electron chi connectivity index (χ4n) is 7.33. The lowest BCUT2D eigenvalue weighted by molar-refractivity contribution is -0.602. The van der Waals surface area contributed by atoms with Crippen LogP contribution >= 0.6 is 0 Å². The second-order valence-corrected chi connectivity index (χ2v) is 10.2. The third-order valence-corrected chi connectivity index (χ3v) is 8.65. The van der Waals surface area contributed by atoms with Crippen molar-refractivity contribution in [2.45, 2.75) is 77.2 Å². The topological polar surface area (TPSA) is 8.81 Å². The number of nitrogens with zero attached hydrogens (tertiary/aromatic N) is 2. The standard InChI is InChI=1S/C29H35N2/c1-21-12-6-11-19-27(21)30-20-31-28(22(30)2)25-17-9-10-18-26(25)29(31,24-15-7-8-16-24)23-13-4-3-5-14-23/h6,9-12,17-20,23-24H,3-5,7-8,13-16H2,1-2H3/q+1/i20D. The SMILES string of the molecule is [2H]c1n2c(c(C)[n+]1-c1ccccc1C)-c1ccccc1C2(C1CCCCC1)C1CCCC1. The molecule has 0 saturated heterocycles. The Morgan fingerprint density at radius 1 is 0.839 bits per heavy atom. The van der Waals surface area contributed by atoms with Crippen LogP contribution in [0.5, 0.6) is 0 Å². The molecule has 3 aliphatic rings. The van der Waals surface area contributed by atoms with Gasteiger partial charge in [0.25, 0.3) is 0 Å². The number of aromatic nitrogens is 2. The van der Waals surface area contributed by atoms with E-state index in [9.17, 15) is 1.37 Å². The van der Waals surface area contributed by atoms with Gasteiger partial charge in [0.15, 0.2) is 12.8 Å². The summed E-state index contributed by atoms with van der Waals surface area (Å²) in [7, 11) is 0. The van der Waals surface area contributed by atoms with Gasteiger partial charge in [0, 0.05) is 29.9 Å². The van der Waals surface area contributed by atoms with Crippen LogP contribution in [0, 0.1) is 25.7 Å². The van der Waals surface area contributed by atoms with Gasteiger partial charge in [0.05, 0.1) is 0 Å². The predicted octanol–water partition coefficient (Wildman–Crippen LogP) is 6.88. The van der Waals surface area contributed by atoms with Crippen molar-refractivity contribution in [3.8, 4) is 16.9 Å². The number of imidazole rings is 1. The van der Waals surface area contributed by atoms with Gasteiger partial charge in [0.1, 0.15) is 11.2 Å². The van der Waals surface area contributed by atoms with Crippen LogP contribution in [0.4, 0.5) is 0 Å². The van der Waals surface area contributed by atoms with Crippen LogP contribution in [0.2, 0.25) is 0 Å². The first kappa shape index (κ1) is 18.2. The van der Waals surface area contributed by atoms with E-state index in [1.807, 2.05) is 0 Å². The summed E-state index contributed by atoms with van der Waals surface area (Å²) >= 11 is 0. The summed E-state index contributed by atoms with van der Waals surface area (Å²) in [6, 6.07) is 17.7. The summed E-state index contributed by atoms with van der Waals surface area (Å²) < 4.78 is 14.4. The summed E-state index contributed by atoms with van der Waals surface area (Å²) in [6.07, 6.45) is 12.6. The zero-order chi connectivity index (χ0) is 21.9. The molecule has 2 heterocycles. The second kappa shape index (κ2) is 7.36. The monoisotopic (exact) mass is 412 g/mol. The molecule has 0 radical (unpaired) electrons. The minimum Gasteiger partial charge on any atom is -0.219 e. The molecule has 0 amide bonds. The first-order valence-corrected chi connectivity index (χ1v) is 12.5. The van der Waals surface area contributed by atoms with E-state index in [1.165, 1.54) is 85.9 Å². The lowest BCUT2D eigenvalue weighted by Gasteiger charge is -2.42. The van der Waals surface area contributed by atoms with Gasteiger partial charge in [0.2, 0.25) is 6.30 Å². The third kappa shape index (κ3) is 2.66. The highest BCUT2D eigenvalue weighted by atomic mass is 15.2. The Bertz CT molecular complexity index is 1160. The molecule has 1 atom stereocenters. The largest absolute Gasteiger partial charge is 0.250 e. The van der Waals surface area contributed by atoms with Crippen molar-refractivity contribution in [1.29, 1.82) is 0 Å². The number of aryl methyl sites for hydroxylation is 1. The molecule has 0 N–H and O–H groups in total. The van der Waals surface area contributed by atoms with Crippen molar-refractivity contribution in [3.05, 3.63) is 71.7 Å². The van der Waals surface area contributed by atoms with Gasteiger partial charge in [-0.15, -0.1) is 0 Å². The van der Waals surface area contributed by atoms with Gasteiger partial charge in [-0.3, -0.25) is 0 Å². The molecule has 3 aromatic rings. The van der Waals surface area contributed by atoms with Gasteiger partial charge in [-0.25, -0.2) is 4.57 Å². The molecule has 2 heteroatoms. The van der Waals surface area contributed by atoms with Gasteiger partial charge in [-0.2, -0.15) is 4.57 Å². The maximum absolute atomic E-state index is 9.62. The van der Waals surface area contributed by atoms with Crippen LogP contribution in [0.3, 0.4) is 0 Å². The lowest BCUT2D eigenvalue weighted by Crippen LogP contribution is -2.47. The van der Waals surface area contributed by atoms with Crippen LogP contribution in [0.25, 0.3) is 16.9 Å². The van der Waals surface area contributed by atoms with E-state index in [1.54, 1.807) is 0 Å². The van der Waals surface area contributed by atoms with Crippen LogP contribution in [0.15, 0.2) is 54.8 Å². The Morgan fingerprint density at radius 2 is 1.45 bits per heavy atom. The van der Waals surface area contributed by atoms with Crippen molar-refractivity contribution >= 4 is 0 Å². The van der Waals surface area contributed by atoms with Crippen molar-refractivity contribution in [2.75, 3.05) is 0 Å². The van der Waals surface area contributed by atoms with Crippen LogP contribution in [0.1, 0.15) is 76.0 Å². The molecule has 31 heavy (non-hydrogen) atoms. The Hall–Kier alpha value is -2.35. The van der Waals surface area contributed by atoms with E-state index >= 15 is 0 Å². The molecule has 0 bridgehead atoms. The molecule has 1 unspecified atom stereocenters. The second-order valence-electron chi connectivity index (χ2n) is 10.2. The smallest absolute Gasteiger partial charge is 0.219 e. The number of hydrogen-bond donors (Lipinski definition) is 0. The number of hydrogen-bond acceptors (Lipinski definition) is 0. The third-order valence-electron chi connectivity index (χ3n) is 8.65. The number of benzene rings is 2. The Morgan fingerprint density at radius 3 is 2.16 bits per heavy atom. The van der Waals surface area contributed by atoms with Gasteiger partial charge in [-0.05, 0) is 44.2 Å². The maximum Gasteiger partial charge on any atom is 0.250 e. The predicted molar refractivity (Wildman–Crippen MR) is 126 cm³/mol. The summed E-state index contributed by atoms with van der Waals surface area (Å²) in [5.41, 5.74) is 7.73. The summed E-state index contributed by atoms with van der Waals surface area (Å²) in [6.45, 7) is 4.40. The molecule has 1 aromatic heterocycles. The van der Waals surface area contributed by atoms with E-state index in [2.05, 4.69) is 71.5 Å². The van der Waals surface area contributed by atoms with E-state index in [0.717, 1.165) is 5.69 Å². The van der Waals surface area contributed by atoms with E-state index < -0.39 is 0 Å². The number of fused-ring (bicyclic) bond motifs is 3. The molecule has 2 saturated carbocycles. The highest BCUT2D eigenvalue weighted by molar-refractivity contribution is 5.73. The van der Waals surface area contributed by atoms with Crippen molar-refractivity contribution in [3.63, 3.8) is 0 Å². The fourth-order valence-corrected chi connectivity index (χ4v) is 7.33. The Balaban J connectivity index is 1.69. The molecule has 0 spiro atoms. The van der Waals surface area contributed by atoms with Crippen molar-refractivity contribution < 1.29 is 5.94 Å². The zero-order valence-corrected chi connectivity index (χ0v) is 19.0. The zero-order valence-electron chi connectivity index (χ0n) is 20.0. The minimum atomic E-state index is -0.0569. The molecule has 6 rings (SSSR count). The maximum atomic E-state index is 9.62. The normalized spacial score (nSPS) is 24.3. The first-order valence-electron chi connectivity index (χ1n) is 13.0. The fraction of sp³-hybridized carbons (Fsp3) is 0.483. The first-order chi connectivity index (χ1) is 15.7. The Kier molecular flexibility index (Phi) is 4.33. The quantitative estimate of drug-likeness (QED) is 0.415. The van der Waals surface area contributed by atoms with E-state index in [-0.39, 0.29) is 5.54 Å². The average Bonchev–Trinajstić information content (AvgIpc) is 3.51. The summed E-state index contributed by atoms with van der Waals surface area (Å²) in [5, 5.41) is 0. The molecule has 2 fully saturated rings. The molecule has 160 valence electrons. The van der Waals surface area contributed by atoms with Crippen molar-refractivity contribution in [1.82, 2.24) is 4.57 Å². The van der Waals surface area contributed by atoms with Crippen molar-refractivity contribution in [2.24, 2.45) is 11.8 Å².